The van der Waals surface area contributed by atoms with Crippen LogP contribution in [-0.4, -0.2) is 24.2 Å². The molecule has 0 saturated heterocycles. The minimum Gasteiger partial charge on any atom is -0.478 e. The number of carbonyl (C=O) groups excluding carboxylic acids is 1. The molecule has 0 bridgehead atoms. The van der Waals surface area contributed by atoms with E-state index in [-0.39, 0.29) is 11.8 Å². The second kappa shape index (κ2) is 11.1. The third-order valence-corrected chi connectivity index (χ3v) is 4.64. The maximum atomic E-state index is 14.4. The molecule has 0 atom stereocenters. The molecule has 4 nitrogen and oxygen atoms in total. The van der Waals surface area contributed by atoms with Gasteiger partial charge >= 0.3 is 5.97 Å². The summed E-state index contributed by atoms with van der Waals surface area (Å²) in [4.78, 5) is 16.0. The molecule has 0 saturated carbocycles. The summed E-state index contributed by atoms with van der Waals surface area (Å²) in [5, 5.41) is 0. The van der Waals surface area contributed by atoms with E-state index in [4.69, 9.17) is 9.47 Å². The van der Waals surface area contributed by atoms with E-state index in [1.165, 1.54) is 6.07 Å². The normalized spacial score (nSPS) is 10.6. The van der Waals surface area contributed by atoms with Crippen LogP contribution < -0.4 is 4.74 Å². The van der Waals surface area contributed by atoms with Gasteiger partial charge in [-0.15, -0.1) is 0 Å². The van der Waals surface area contributed by atoms with Crippen LogP contribution in [0.4, 0.5) is 4.39 Å². The molecule has 0 aliphatic heterocycles. The van der Waals surface area contributed by atoms with E-state index in [0.29, 0.717) is 31.1 Å². The van der Waals surface area contributed by atoms with Gasteiger partial charge in [0.25, 0.3) is 0 Å². The number of unbranched alkanes of at least 4 members (excludes halogenated alkanes) is 2. The van der Waals surface area contributed by atoms with Crippen molar-refractivity contribution in [3.05, 3.63) is 72.5 Å². The molecule has 0 aliphatic carbocycles. The highest BCUT2D eigenvalue weighted by Gasteiger charge is 2.11. The first-order chi connectivity index (χ1) is 14.7. The maximum Gasteiger partial charge on any atom is 0.305 e. The molecule has 0 N–H and O–H groups in total. The van der Waals surface area contributed by atoms with E-state index in [1.54, 1.807) is 25.1 Å². The minimum atomic E-state index is -0.285. The molecule has 30 heavy (non-hydrogen) atoms. The van der Waals surface area contributed by atoms with Gasteiger partial charge in [-0.1, -0.05) is 48.5 Å². The van der Waals surface area contributed by atoms with Crippen molar-refractivity contribution in [2.45, 2.75) is 32.6 Å². The number of rotatable bonds is 10. The van der Waals surface area contributed by atoms with Crippen LogP contribution in [0.15, 0.2) is 66.7 Å². The molecule has 3 aromatic rings. The van der Waals surface area contributed by atoms with Crippen LogP contribution in [0, 0.1) is 5.82 Å². The van der Waals surface area contributed by atoms with Crippen LogP contribution in [0.1, 0.15) is 32.6 Å². The molecule has 0 aliphatic rings. The van der Waals surface area contributed by atoms with Crippen molar-refractivity contribution in [1.82, 2.24) is 4.98 Å². The second-order valence-corrected chi connectivity index (χ2v) is 6.89. The summed E-state index contributed by atoms with van der Waals surface area (Å²) in [6.45, 7) is 2.69. The highest BCUT2D eigenvalue weighted by Crippen LogP contribution is 2.30. The highest BCUT2D eigenvalue weighted by molar-refractivity contribution is 5.72. The zero-order valence-corrected chi connectivity index (χ0v) is 17.1. The van der Waals surface area contributed by atoms with Gasteiger partial charge in [0.1, 0.15) is 5.82 Å². The molecular formula is C25H26FNO3. The smallest absolute Gasteiger partial charge is 0.305 e. The molecule has 3 rings (SSSR count). The van der Waals surface area contributed by atoms with Crippen molar-refractivity contribution in [3.63, 3.8) is 0 Å². The Bertz CT molecular complexity index is 960. The lowest BCUT2D eigenvalue weighted by Gasteiger charge is -2.11. The molecule has 1 heterocycles. The third-order valence-electron chi connectivity index (χ3n) is 4.64. The van der Waals surface area contributed by atoms with E-state index < -0.39 is 0 Å². The zero-order valence-electron chi connectivity index (χ0n) is 17.1. The summed E-state index contributed by atoms with van der Waals surface area (Å²) >= 11 is 0. The first kappa shape index (κ1) is 21.5. The molecule has 0 fully saturated rings. The molecule has 156 valence electrons. The van der Waals surface area contributed by atoms with E-state index in [1.807, 2.05) is 42.5 Å². The third kappa shape index (κ3) is 6.14. The van der Waals surface area contributed by atoms with Crippen molar-refractivity contribution >= 4 is 5.97 Å². The highest BCUT2D eigenvalue weighted by atomic mass is 19.1. The summed E-state index contributed by atoms with van der Waals surface area (Å²) < 4.78 is 25.2. The minimum absolute atomic E-state index is 0.162. The number of pyridine rings is 1. The summed E-state index contributed by atoms with van der Waals surface area (Å²) in [5.41, 5.74) is 2.90. The topological polar surface area (TPSA) is 48.4 Å². The molecule has 1 aromatic heterocycles. The first-order valence-electron chi connectivity index (χ1n) is 10.3. The Kier molecular flexibility index (Phi) is 7.95. The SMILES string of the molecule is CCOC(=O)CCCCCOc1cc(-c2ccccc2F)cc(-c2ccccc2)n1. The Hall–Kier alpha value is -3.21. The predicted octanol–water partition coefficient (Wildman–Crippen LogP) is 6.06. The molecule has 0 radical (unpaired) electrons. The standard InChI is InChI=1S/C25H26FNO3/c1-2-29-25(28)15-7-4-10-16-30-24-18-20(21-13-8-9-14-22(21)26)17-23(27-24)19-11-5-3-6-12-19/h3,5-6,8-9,11-14,17-18H,2,4,7,10,15-16H2,1H3. The lowest BCUT2D eigenvalue weighted by Crippen LogP contribution is -2.04. The van der Waals surface area contributed by atoms with E-state index in [0.717, 1.165) is 36.1 Å². The monoisotopic (exact) mass is 407 g/mol. The fourth-order valence-corrected chi connectivity index (χ4v) is 3.14. The quantitative estimate of drug-likeness (QED) is 0.303. The Morgan fingerprint density at radius 1 is 0.933 bits per heavy atom. The van der Waals surface area contributed by atoms with Crippen LogP contribution in [0.25, 0.3) is 22.4 Å². The fourth-order valence-electron chi connectivity index (χ4n) is 3.14. The molecule has 0 unspecified atom stereocenters. The fraction of sp³-hybridized carbons (Fsp3) is 0.280. The van der Waals surface area contributed by atoms with Gasteiger partial charge in [0, 0.05) is 23.6 Å². The lowest BCUT2D eigenvalue weighted by atomic mass is 10.0. The Morgan fingerprint density at radius 2 is 1.70 bits per heavy atom. The van der Waals surface area contributed by atoms with Gasteiger partial charge in [-0.05, 0) is 43.9 Å². The van der Waals surface area contributed by atoms with Crippen molar-refractivity contribution in [3.8, 4) is 28.3 Å². The summed E-state index contributed by atoms with van der Waals surface area (Å²) in [6.07, 6.45) is 2.84. The molecule has 0 spiro atoms. The summed E-state index contributed by atoms with van der Waals surface area (Å²) in [5.74, 6) is 0.0119. The maximum absolute atomic E-state index is 14.4. The molecule has 2 aromatic carbocycles. The van der Waals surface area contributed by atoms with Crippen LogP contribution >= 0.6 is 0 Å². The number of halogens is 1. The number of esters is 1. The number of hydrogen-bond donors (Lipinski definition) is 0. The van der Waals surface area contributed by atoms with Gasteiger partial charge in [-0.2, -0.15) is 0 Å². The van der Waals surface area contributed by atoms with Crippen LogP contribution in [0.3, 0.4) is 0 Å². The molecule has 0 amide bonds. The number of aromatic nitrogens is 1. The largest absolute Gasteiger partial charge is 0.478 e. The van der Waals surface area contributed by atoms with E-state index >= 15 is 0 Å². The van der Waals surface area contributed by atoms with Gasteiger partial charge < -0.3 is 9.47 Å². The number of carbonyl (C=O) groups is 1. The number of benzene rings is 2. The number of hydrogen-bond acceptors (Lipinski definition) is 4. The Labute approximate surface area is 176 Å². The second-order valence-electron chi connectivity index (χ2n) is 6.89. The van der Waals surface area contributed by atoms with Gasteiger partial charge in [0.05, 0.1) is 18.9 Å². The van der Waals surface area contributed by atoms with Gasteiger partial charge in [0.15, 0.2) is 0 Å². The summed E-state index contributed by atoms with van der Waals surface area (Å²) in [6, 6.07) is 20.1. The number of ether oxygens (including phenoxy) is 2. The summed E-state index contributed by atoms with van der Waals surface area (Å²) in [7, 11) is 0. The lowest BCUT2D eigenvalue weighted by molar-refractivity contribution is -0.143. The first-order valence-corrected chi connectivity index (χ1v) is 10.3. The van der Waals surface area contributed by atoms with Gasteiger partial charge in [-0.3, -0.25) is 4.79 Å². The average Bonchev–Trinajstić information content (AvgIpc) is 2.77. The van der Waals surface area contributed by atoms with Gasteiger partial charge in [0.2, 0.25) is 5.88 Å². The molecular weight excluding hydrogens is 381 g/mol. The Balaban J connectivity index is 1.70. The van der Waals surface area contributed by atoms with Crippen LogP contribution in [-0.2, 0) is 9.53 Å². The number of nitrogens with zero attached hydrogens (tertiary/aromatic N) is 1. The van der Waals surface area contributed by atoms with Gasteiger partial charge in [-0.25, -0.2) is 9.37 Å². The predicted molar refractivity (Wildman–Crippen MR) is 116 cm³/mol. The van der Waals surface area contributed by atoms with E-state index in [2.05, 4.69) is 4.98 Å². The van der Waals surface area contributed by atoms with Crippen molar-refractivity contribution in [2.24, 2.45) is 0 Å². The average molecular weight is 407 g/mol. The van der Waals surface area contributed by atoms with Crippen LogP contribution in [0.5, 0.6) is 5.88 Å². The van der Waals surface area contributed by atoms with Crippen molar-refractivity contribution in [1.29, 1.82) is 0 Å². The van der Waals surface area contributed by atoms with E-state index in [9.17, 15) is 9.18 Å². The van der Waals surface area contributed by atoms with Crippen molar-refractivity contribution in [2.75, 3.05) is 13.2 Å². The molecule has 5 heteroatoms. The Morgan fingerprint density at radius 3 is 2.47 bits per heavy atom. The zero-order chi connectivity index (χ0) is 21.2. The van der Waals surface area contributed by atoms with Crippen molar-refractivity contribution < 1.29 is 18.7 Å². The van der Waals surface area contributed by atoms with Crippen LogP contribution in [0.2, 0.25) is 0 Å².